The van der Waals surface area contributed by atoms with Gasteiger partial charge in [-0.05, 0) is 48.4 Å². The average molecular weight is 586 g/mol. The van der Waals surface area contributed by atoms with Gasteiger partial charge in [0.1, 0.15) is 18.8 Å². The van der Waals surface area contributed by atoms with E-state index in [9.17, 15) is 24.3 Å². The van der Waals surface area contributed by atoms with E-state index in [0.717, 1.165) is 11.1 Å². The van der Waals surface area contributed by atoms with Gasteiger partial charge in [0.25, 0.3) is 0 Å². The molecule has 4 N–H and O–H groups in total. The van der Waals surface area contributed by atoms with Gasteiger partial charge >= 0.3 is 6.09 Å². The van der Waals surface area contributed by atoms with Crippen LogP contribution in [0, 0.1) is 11.8 Å². The van der Waals surface area contributed by atoms with Crippen LogP contribution in [-0.2, 0) is 24.5 Å². The molecular weight excluding hydrogens is 546 g/mol. The number of carbonyl (C=O) groups is 4. The van der Waals surface area contributed by atoms with E-state index in [-0.39, 0.29) is 24.7 Å². The molecule has 222 valence electrons. The first-order chi connectivity index (χ1) is 19.4. The first-order valence-corrected chi connectivity index (χ1v) is 14.3. The number of benzene rings is 2. The molecule has 10 heteroatoms. The Kier molecular flexibility index (Phi) is 11.3. The zero-order valence-electron chi connectivity index (χ0n) is 24.0. The van der Waals surface area contributed by atoms with E-state index in [4.69, 9.17) is 16.3 Å². The molecule has 0 aliphatic carbocycles. The van der Waals surface area contributed by atoms with Crippen molar-refractivity contribution in [1.82, 2.24) is 16.0 Å². The number of nitrogens with one attached hydrogen (secondary N) is 3. The van der Waals surface area contributed by atoms with Crippen LogP contribution in [0.5, 0.6) is 0 Å². The summed E-state index contributed by atoms with van der Waals surface area (Å²) in [7, 11) is 0. The minimum atomic E-state index is -1.06. The monoisotopic (exact) mass is 585 g/mol. The van der Waals surface area contributed by atoms with Crippen molar-refractivity contribution in [2.45, 2.75) is 70.6 Å². The van der Waals surface area contributed by atoms with Crippen molar-refractivity contribution in [2.24, 2.45) is 11.8 Å². The lowest BCUT2D eigenvalue weighted by molar-refractivity contribution is -0.131. The van der Waals surface area contributed by atoms with Crippen molar-refractivity contribution in [1.29, 1.82) is 0 Å². The molecule has 1 aliphatic heterocycles. The van der Waals surface area contributed by atoms with Crippen LogP contribution in [0.25, 0.3) is 0 Å². The summed E-state index contributed by atoms with van der Waals surface area (Å²) < 4.78 is 6.02. The topological polar surface area (TPSA) is 134 Å². The Morgan fingerprint density at radius 3 is 2.37 bits per heavy atom. The van der Waals surface area contributed by atoms with Gasteiger partial charge in [-0.3, -0.25) is 14.4 Å². The van der Waals surface area contributed by atoms with E-state index in [0.29, 0.717) is 18.0 Å². The van der Waals surface area contributed by atoms with Crippen LogP contribution < -0.4 is 16.0 Å². The van der Waals surface area contributed by atoms with Crippen molar-refractivity contribution in [3.05, 3.63) is 70.7 Å². The molecule has 4 unspecified atom stereocenters. The Balaban J connectivity index is 1.81. The minimum Gasteiger partial charge on any atom is -0.440 e. The van der Waals surface area contributed by atoms with E-state index < -0.39 is 53.9 Å². The summed E-state index contributed by atoms with van der Waals surface area (Å²) in [6.07, 6.45) is -0.643. The molecule has 4 atom stereocenters. The lowest BCUT2D eigenvalue weighted by Crippen LogP contribution is -2.53. The summed E-state index contributed by atoms with van der Waals surface area (Å²) in [5, 5.41) is 18.1. The second-order valence-corrected chi connectivity index (χ2v) is 11.9. The number of aliphatic hydroxyl groups excluding tert-OH is 1. The van der Waals surface area contributed by atoms with Crippen LogP contribution in [0.2, 0.25) is 5.02 Å². The van der Waals surface area contributed by atoms with Crippen LogP contribution in [0.15, 0.2) is 54.6 Å². The third-order valence-corrected chi connectivity index (χ3v) is 7.65. The van der Waals surface area contributed by atoms with E-state index in [2.05, 4.69) is 16.0 Å². The molecule has 2 aromatic rings. The highest BCUT2D eigenvalue weighted by atomic mass is 35.5. The number of amides is 3. The third-order valence-electron chi connectivity index (χ3n) is 7.41. The van der Waals surface area contributed by atoms with Crippen molar-refractivity contribution >= 4 is 35.3 Å². The van der Waals surface area contributed by atoms with Crippen LogP contribution >= 0.6 is 11.6 Å². The van der Waals surface area contributed by atoms with Crippen LogP contribution in [0.3, 0.4) is 0 Å². The number of hydrogen-bond acceptors (Lipinski definition) is 6. The van der Waals surface area contributed by atoms with Gasteiger partial charge in [-0.1, -0.05) is 81.8 Å². The Hall–Kier alpha value is -3.43. The number of Topliss-reactive ketones (excluding diaryl/α,β-unsaturated/α-hetero) is 1. The molecule has 41 heavy (non-hydrogen) atoms. The molecule has 0 bridgehead atoms. The molecule has 9 nitrogen and oxygen atoms in total. The number of alkyl carbamates (subject to hydrolysis) is 1. The maximum atomic E-state index is 13.4. The van der Waals surface area contributed by atoms with E-state index in [1.807, 2.05) is 76.2 Å². The maximum Gasteiger partial charge on any atom is 0.408 e. The van der Waals surface area contributed by atoms with Crippen molar-refractivity contribution in [3.63, 3.8) is 0 Å². The fraction of sp³-hybridized carbons (Fsp3) is 0.484. The molecule has 2 aromatic carbocycles. The zero-order valence-corrected chi connectivity index (χ0v) is 24.7. The summed E-state index contributed by atoms with van der Waals surface area (Å²) in [5.41, 5.74) is 0.935. The molecule has 0 aromatic heterocycles. The van der Waals surface area contributed by atoms with Gasteiger partial charge in [0.2, 0.25) is 11.8 Å². The van der Waals surface area contributed by atoms with Crippen LogP contribution in [0.4, 0.5) is 4.79 Å². The summed E-state index contributed by atoms with van der Waals surface area (Å²) in [6, 6.07) is 14.6. The van der Waals surface area contributed by atoms with Gasteiger partial charge < -0.3 is 25.8 Å². The molecule has 0 saturated carbocycles. The highest BCUT2D eigenvalue weighted by molar-refractivity contribution is 6.30. The molecule has 0 radical (unpaired) electrons. The number of rotatable bonds is 13. The summed E-state index contributed by atoms with van der Waals surface area (Å²) in [4.78, 5) is 51.3. The van der Waals surface area contributed by atoms with Crippen molar-refractivity contribution < 1.29 is 29.0 Å². The molecule has 1 fully saturated rings. The highest BCUT2D eigenvalue weighted by Gasteiger charge is 2.37. The largest absolute Gasteiger partial charge is 0.440 e. The van der Waals surface area contributed by atoms with Gasteiger partial charge in [-0.15, -0.1) is 0 Å². The van der Waals surface area contributed by atoms with Crippen molar-refractivity contribution in [2.75, 3.05) is 13.2 Å². The number of ether oxygens (including phenoxy) is 1. The van der Waals surface area contributed by atoms with Gasteiger partial charge in [-0.2, -0.15) is 0 Å². The second kappa shape index (κ2) is 14.5. The van der Waals surface area contributed by atoms with E-state index >= 15 is 0 Å². The Morgan fingerprint density at radius 2 is 1.78 bits per heavy atom. The Morgan fingerprint density at radius 1 is 1.07 bits per heavy atom. The standard InChI is InChI=1S/C31H40ClN3O6/c1-19(2)15-25(29(39)34-24(26(37)18-36)16-21-13-14-33-28(21)38)35-30(40)41-27(20-9-6-5-7-10-20)31(3,4)22-11-8-12-23(32)17-22/h5-12,17,19,21,24-25,27,36H,13-16,18H2,1-4H3,(H,33,38)(H,34,39)(H,35,40). The quantitative estimate of drug-likeness (QED) is 0.280. The summed E-state index contributed by atoms with van der Waals surface area (Å²) >= 11 is 6.27. The summed E-state index contributed by atoms with van der Waals surface area (Å²) in [6.45, 7) is 7.43. The van der Waals surface area contributed by atoms with Gasteiger partial charge in [0.05, 0.1) is 6.04 Å². The molecule has 3 amide bonds. The fourth-order valence-corrected chi connectivity index (χ4v) is 5.28. The molecule has 0 spiro atoms. The smallest absolute Gasteiger partial charge is 0.408 e. The van der Waals surface area contributed by atoms with Crippen LogP contribution in [-0.4, -0.2) is 54.0 Å². The number of carbonyl (C=O) groups excluding carboxylic acids is 4. The normalized spacial score (nSPS) is 17.3. The minimum absolute atomic E-state index is 0.0199. The molecule has 3 rings (SSSR count). The number of hydrogen-bond donors (Lipinski definition) is 4. The predicted molar refractivity (Wildman–Crippen MR) is 156 cm³/mol. The number of aliphatic hydroxyl groups is 1. The average Bonchev–Trinajstić information content (AvgIpc) is 3.34. The molecule has 1 saturated heterocycles. The third kappa shape index (κ3) is 8.78. The van der Waals surface area contributed by atoms with Gasteiger partial charge in [0, 0.05) is 22.9 Å². The molecule has 1 aliphatic rings. The van der Waals surface area contributed by atoms with Gasteiger partial charge in [0.15, 0.2) is 5.78 Å². The summed E-state index contributed by atoms with van der Waals surface area (Å²) in [5.74, 6) is -1.81. The number of halogens is 1. The van der Waals surface area contributed by atoms with E-state index in [1.165, 1.54) is 0 Å². The van der Waals surface area contributed by atoms with E-state index in [1.54, 1.807) is 6.07 Å². The van der Waals surface area contributed by atoms with Crippen LogP contribution in [0.1, 0.15) is 64.2 Å². The lowest BCUT2D eigenvalue weighted by Gasteiger charge is -2.35. The number of ketones is 1. The second-order valence-electron chi connectivity index (χ2n) is 11.5. The molecule has 1 heterocycles. The fourth-order valence-electron chi connectivity index (χ4n) is 5.09. The molecular formula is C31H40ClN3O6. The maximum absolute atomic E-state index is 13.4. The Labute approximate surface area is 246 Å². The highest BCUT2D eigenvalue weighted by Crippen LogP contribution is 2.40. The zero-order chi connectivity index (χ0) is 30.2. The Bertz CT molecular complexity index is 1220. The van der Waals surface area contributed by atoms with Gasteiger partial charge in [-0.25, -0.2) is 4.79 Å². The predicted octanol–water partition coefficient (Wildman–Crippen LogP) is 4.07. The first-order valence-electron chi connectivity index (χ1n) is 13.9. The lowest BCUT2D eigenvalue weighted by atomic mass is 9.76. The van der Waals surface area contributed by atoms with Crippen molar-refractivity contribution in [3.8, 4) is 0 Å². The first kappa shape index (κ1) is 32.1. The SMILES string of the molecule is CC(C)CC(NC(=O)OC(c1ccccc1)C(C)(C)c1cccc(Cl)c1)C(=O)NC(CC1CCNC1=O)C(=O)CO.